The lowest BCUT2D eigenvalue weighted by atomic mass is 10.1. The quantitative estimate of drug-likeness (QED) is 0.239. The number of phosphoric acid groups is 1. The molecule has 2 heterocycles. The summed E-state index contributed by atoms with van der Waals surface area (Å²) in [6.45, 7) is 2.08. The molecule has 0 saturated carbocycles. The summed E-state index contributed by atoms with van der Waals surface area (Å²) in [6, 6.07) is 2.29. The predicted octanol–water partition coefficient (Wildman–Crippen LogP) is -3.09. The van der Waals surface area contributed by atoms with Crippen molar-refractivity contribution in [1.82, 2.24) is 19.5 Å². The minimum absolute atomic E-state index is 0.193. The molecule has 0 spiro atoms. The molecular formula is C17H18N4O9P-3. The van der Waals surface area contributed by atoms with E-state index < -0.39 is 50.9 Å². The van der Waals surface area contributed by atoms with Gasteiger partial charge in [-0.05, 0) is 37.1 Å². The summed E-state index contributed by atoms with van der Waals surface area (Å²) in [5.41, 5.74) is 1.22. The zero-order valence-electron chi connectivity index (χ0n) is 16.3. The van der Waals surface area contributed by atoms with Crippen LogP contribution in [0.2, 0.25) is 0 Å². The Morgan fingerprint density at radius 1 is 1.10 bits per heavy atom. The maximum Gasteiger partial charge on any atom is 0.300 e. The molecule has 3 rings (SSSR count). The molecule has 0 unspecified atom stereocenters. The van der Waals surface area contributed by atoms with Crippen molar-refractivity contribution < 1.29 is 39.3 Å². The number of aliphatic hydroxyl groups excluding tert-OH is 3. The first-order valence-corrected chi connectivity index (χ1v) is 10.4. The van der Waals surface area contributed by atoms with Crippen molar-refractivity contribution in [1.29, 1.82) is 0 Å². The van der Waals surface area contributed by atoms with Crippen molar-refractivity contribution >= 4 is 18.9 Å². The monoisotopic (exact) mass is 453 g/mol. The number of hydrogen-bond acceptors (Lipinski definition) is 12. The van der Waals surface area contributed by atoms with Crippen LogP contribution in [0, 0.1) is 13.8 Å². The van der Waals surface area contributed by atoms with Crippen molar-refractivity contribution in [3.8, 4) is 17.5 Å². The topological polar surface area (TPSA) is 217 Å². The average Bonchev–Trinajstić information content (AvgIpc) is 2.67. The van der Waals surface area contributed by atoms with E-state index >= 15 is 0 Å². The third-order valence-corrected chi connectivity index (χ3v) is 5.21. The van der Waals surface area contributed by atoms with Crippen LogP contribution in [0.3, 0.4) is 0 Å². The van der Waals surface area contributed by atoms with Crippen LogP contribution in [-0.4, -0.2) is 59.8 Å². The molecule has 0 saturated heterocycles. The van der Waals surface area contributed by atoms with E-state index in [2.05, 4.69) is 19.5 Å². The molecule has 2 aliphatic rings. The van der Waals surface area contributed by atoms with Crippen LogP contribution in [0.1, 0.15) is 11.1 Å². The summed E-state index contributed by atoms with van der Waals surface area (Å²) >= 11 is 0. The number of aromatic nitrogens is 4. The van der Waals surface area contributed by atoms with Gasteiger partial charge in [-0.25, -0.2) is 15.0 Å². The van der Waals surface area contributed by atoms with Crippen LogP contribution < -0.4 is 20.5 Å². The fourth-order valence-electron chi connectivity index (χ4n) is 3.02. The zero-order chi connectivity index (χ0) is 23.1. The van der Waals surface area contributed by atoms with Gasteiger partial charge in [-0.3, -0.25) is 4.79 Å². The van der Waals surface area contributed by atoms with E-state index in [1.807, 2.05) is 6.92 Å². The summed E-state index contributed by atoms with van der Waals surface area (Å²) in [5.74, 6) is -0.193. The fraction of sp³-hybridized carbons (Fsp3) is 0.412. The van der Waals surface area contributed by atoms with Gasteiger partial charge in [0.1, 0.15) is 18.3 Å². The number of phosphoric ester groups is 1. The van der Waals surface area contributed by atoms with Crippen molar-refractivity contribution in [2.24, 2.45) is 0 Å². The summed E-state index contributed by atoms with van der Waals surface area (Å²) in [4.78, 5) is 44.4. The lowest BCUT2D eigenvalue weighted by Crippen LogP contribution is -2.43. The highest BCUT2D eigenvalue weighted by Gasteiger charge is 2.28. The van der Waals surface area contributed by atoms with Gasteiger partial charge in [-0.1, -0.05) is 0 Å². The minimum atomic E-state index is -5.40. The predicted molar refractivity (Wildman–Crippen MR) is 98.7 cm³/mol. The van der Waals surface area contributed by atoms with Crippen LogP contribution in [0.4, 0.5) is 0 Å². The summed E-state index contributed by atoms with van der Waals surface area (Å²) < 4.78 is 15.7. The normalized spacial score (nSPS) is 15.3. The van der Waals surface area contributed by atoms with Crippen LogP contribution in [0.25, 0.3) is 22.6 Å². The molecule has 3 N–H and O–H groups in total. The van der Waals surface area contributed by atoms with E-state index in [1.54, 1.807) is 19.1 Å². The van der Waals surface area contributed by atoms with E-state index in [0.29, 0.717) is 11.0 Å². The number of hydrogen-bond donors (Lipinski definition) is 3. The fourth-order valence-corrected chi connectivity index (χ4v) is 3.35. The number of aliphatic hydroxyl groups is 3. The standard InChI is InChI=1S/C17H21N4O9P/c1-7-3-9-10(4-8(7)2)21(15-13(18-9)16(25)20-17(26)19-15)5-11(22)14(24)12(23)6-30-31(27,28)29/h3-4,11-12,14,22-24H,5-6H2,1-2H3,(H,20,25,26)(H2,27,28,29)/p-3/t11-,12+,14-/m0/s1. The van der Waals surface area contributed by atoms with Crippen molar-refractivity contribution in [3.63, 3.8) is 0 Å². The van der Waals surface area contributed by atoms with Crippen LogP contribution >= 0.6 is 7.82 Å². The van der Waals surface area contributed by atoms with Crippen LogP contribution in [0.15, 0.2) is 16.9 Å². The minimum Gasteiger partial charge on any atom is -0.844 e. The van der Waals surface area contributed by atoms with E-state index in [-0.39, 0.29) is 11.5 Å². The molecule has 1 aromatic carbocycles. The van der Waals surface area contributed by atoms with E-state index in [0.717, 1.165) is 11.1 Å². The van der Waals surface area contributed by atoms with Gasteiger partial charge in [-0.2, -0.15) is 0 Å². The maximum atomic E-state index is 12.2. The molecule has 0 amide bonds. The van der Waals surface area contributed by atoms with E-state index in [9.17, 15) is 39.6 Å². The molecule has 0 radical (unpaired) electrons. The largest absolute Gasteiger partial charge is 0.844 e. The molecule has 0 fully saturated rings. The van der Waals surface area contributed by atoms with Gasteiger partial charge in [0.25, 0.3) is 5.56 Å². The Labute approximate surface area is 174 Å². The first-order valence-electron chi connectivity index (χ1n) is 8.94. The molecule has 2 aliphatic heterocycles. The third kappa shape index (κ3) is 5.05. The molecule has 168 valence electrons. The van der Waals surface area contributed by atoms with Gasteiger partial charge in [0.15, 0.2) is 11.5 Å². The molecule has 13 nitrogen and oxygen atoms in total. The lowest BCUT2D eigenvalue weighted by molar-refractivity contribution is -0.343. The van der Waals surface area contributed by atoms with Gasteiger partial charge < -0.3 is 43.9 Å². The van der Waals surface area contributed by atoms with Gasteiger partial charge >= 0.3 is 0 Å². The van der Waals surface area contributed by atoms with Crippen LogP contribution in [0.5, 0.6) is 6.01 Å². The number of aryl methyl sites for hydroxylation is 2. The second-order valence-electron chi connectivity index (χ2n) is 7.00. The molecule has 31 heavy (non-hydrogen) atoms. The Bertz CT molecular complexity index is 1190. The van der Waals surface area contributed by atoms with Crippen molar-refractivity contribution in [2.75, 3.05) is 6.61 Å². The van der Waals surface area contributed by atoms with Gasteiger partial charge in [0, 0.05) is 0 Å². The highest BCUT2D eigenvalue weighted by atomic mass is 31.2. The lowest BCUT2D eigenvalue weighted by Gasteiger charge is -2.31. The highest BCUT2D eigenvalue weighted by molar-refractivity contribution is 7.43. The average molecular weight is 453 g/mol. The van der Waals surface area contributed by atoms with Gasteiger partial charge in [0.2, 0.25) is 0 Å². The number of rotatable bonds is 7. The summed E-state index contributed by atoms with van der Waals surface area (Å²) in [7, 11) is -5.40. The zero-order valence-corrected chi connectivity index (χ0v) is 17.2. The SMILES string of the molecule is Cc1cc2nc3c(=O)nc([O-])nc-3n(C[C@H](O)[C@H](O)[C@H](O)COP(=O)([O-])[O-])c2cc1C. The summed E-state index contributed by atoms with van der Waals surface area (Å²) in [5, 5.41) is 42.1. The first-order chi connectivity index (χ1) is 14.4. The third-order valence-electron chi connectivity index (χ3n) is 4.74. The second kappa shape index (κ2) is 8.55. The molecule has 1 aromatic rings. The van der Waals surface area contributed by atoms with E-state index in [1.165, 1.54) is 4.57 Å². The Morgan fingerprint density at radius 2 is 1.74 bits per heavy atom. The molecule has 0 aliphatic carbocycles. The number of fused-ring (bicyclic) bond motifs is 2. The Morgan fingerprint density at radius 3 is 2.39 bits per heavy atom. The molecular weight excluding hydrogens is 435 g/mol. The van der Waals surface area contributed by atoms with E-state index in [4.69, 9.17) is 0 Å². The van der Waals surface area contributed by atoms with Crippen molar-refractivity contribution in [3.05, 3.63) is 33.6 Å². The highest BCUT2D eigenvalue weighted by Crippen LogP contribution is 2.27. The van der Waals surface area contributed by atoms with Gasteiger partial charge in [0.05, 0.1) is 38.0 Å². The van der Waals surface area contributed by atoms with Crippen molar-refractivity contribution in [2.45, 2.75) is 38.7 Å². The molecule has 0 bridgehead atoms. The maximum absolute atomic E-state index is 12.2. The Balaban J connectivity index is 2.05. The second-order valence-corrected chi connectivity index (χ2v) is 8.15. The number of nitrogens with zero attached hydrogens (tertiary/aromatic N) is 4. The van der Waals surface area contributed by atoms with Crippen LogP contribution in [-0.2, 0) is 15.6 Å². The first kappa shape index (κ1) is 23.2. The molecule has 3 atom stereocenters. The Kier molecular flexibility index (Phi) is 6.39. The Hall–Kier alpha value is -2.51. The number of benzene rings is 1. The molecule has 14 heteroatoms. The smallest absolute Gasteiger partial charge is 0.300 e. The summed E-state index contributed by atoms with van der Waals surface area (Å²) in [6.07, 6.45) is -5.60. The van der Waals surface area contributed by atoms with Gasteiger partial charge in [-0.15, -0.1) is 0 Å². The molecule has 0 aromatic heterocycles.